The Labute approximate surface area is 98.1 Å². The first-order valence-corrected chi connectivity index (χ1v) is 5.09. The van der Waals surface area contributed by atoms with Gasteiger partial charge in [0.1, 0.15) is 12.4 Å². The second kappa shape index (κ2) is 4.99. The molecule has 0 aliphatic carbocycles. The Bertz CT molecular complexity index is 594. The van der Waals surface area contributed by atoms with Crippen molar-refractivity contribution in [3.8, 4) is 11.8 Å². The fourth-order valence-electron chi connectivity index (χ4n) is 1.36. The van der Waals surface area contributed by atoms with E-state index in [9.17, 15) is 4.79 Å². The molecule has 0 fully saturated rings. The molecular formula is C13H10N2O2. The molecule has 0 atom stereocenters. The van der Waals surface area contributed by atoms with Crippen molar-refractivity contribution in [2.75, 3.05) is 0 Å². The van der Waals surface area contributed by atoms with Gasteiger partial charge in [0, 0.05) is 6.20 Å². The zero-order chi connectivity index (χ0) is 12.1. The highest BCUT2D eigenvalue weighted by Gasteiger charge is 1.99. The predicted molar refractivity (Wildman–Crippen MR) is 62.6 cm³/mol. The van der Waals surface area contributed by atoms with Crippen LogP contribution in [0.5, 0.6) is 5.75 Å². The maximum atomic E-state index is 11.4. The normalized spacial score (nSPS) is 9.59. The Balaban J connectivity index is 2.05. The van der Waals surface area contributed by atoms with Crippen molar-refractivity contribution in [3.05, 3.63) is 64.1 Å². The Hall–Kier alpha value is -2.54. The van der Waals surface area contributed by atoms with Gasteiger partial charge in [0.2, 0.25) is 0 Å². The van der Waals surface area contributed by atoms with Gasteiger partial charge in [-0.05, 0) is 36.4 Å². The zero-order valence-corrected chi connectivity index (χ0v) is 9.01. The molecule has 1 aromatic heterocycles. The third-order valence-electron chi connectivity index (χ3n) is 2.28. The molecule has 17 heavy (non-hydrogen) atoms. The summed E-state index contributed by atoms with van der Waals surface area (Å²) >= 11 is 0. The van der Waals surface area contributed by atoms with Crippen molar-refractivity contribution in [2.45, 2.75) is 6.61 Å². The van der Waals surface area contributed by atoms with Gasteiger partial charge in [0.05, 0.1) is 17.2 Å². The fraction of sp³-hybridized carbons (Fsp3) is 0.0769. The highest BCUT2D eigenvalue weighted by molar-refractivity contribution is 5.34. The summed E-state index contributed by atoms with van der Waals surface area (Å²) in [6, 6.07) is 12.2. The third-order valence-corrected chi connectivity index (χ3v) is 2.28. The molecule has 2 rings (SSSR count). The highest BCUT2D eigenvalue weighted by atomic mass is 16.5. The Morgan fingerprint density at radius 1 is 1.24 bits per heavy atom. The molecule has 0 aliphatic rings. The summed E-state index contributed by atoms with van der Waals surface area (Å²) in [6.07, 6.45) is 1.58. The smallest absolute Gasteiger partial charge is 0.254 e. The number of benzene rings is 1. The van der Waals surface area contributed by atoms with Gasteiger partial charge in [-0.15, -0.1) is 0 Å². The number of rotatable bonds is 3. The first-order chi connectivity index (χ1) is 8.29. The number of hydrogen-bond acceptors (Lipinski definition) is 3. The minimum absolute atomic E-state index is 0.152. The molecule has 4 nitrogen and oxygen atoms in total. The molecule has 2 aromatic rings. The van der Waals surface area contributed by atoms with Crippen LogP contribution in [-0.4, -0.2) is 4.98 Å². The Morgan fingerprint density at radius 3 is 2.65 bits per heavy atom. The van der Waals surface area contributed by atoms with Crippen molar-refractivity contribution in [1.82, 2.24) is 4.98 Å². The van der Waals surface area contributed by atoms with Crippen LogP contribution in [0.1, 0.15) is 11.1 Å². The summed E-state index contributed by atoms with van der Waals surface area (Å²) in [5, 5.41) is 8.64. The molecule has 0 radical (unpaired) electrons. The zero-order valence-electron chi connectivity index (χ0n) is 9.01. The molecule has 1 heterocycles. The monoisotopic (exact) mass is 226 g/mol. The average molecular weight is 226 g/mol. The Morgan fingerprint density at radius 2 is 2.00 bits per heavy atom. The molecular weight excluding hydrogens is 216 g/mol. The summed E-state index contributed by atoms with van der Waals surface area (Å²) in [7, 11) is 0. The number of pyridine rings is 1. The van der Waals surface area contributed by atoms with Gasteiger partial charge in [-0.3, -0.25) is 4.79 Å². The topological polar surface area (TPSA) is 65.9 Å². The molecule has 0 saturated carbocycles. The lowest BCUT2D eigenvalue weighted by Crippen LogP contribution is -2.13. The van der Waals surface area contributed by atoms with Gasteiger partial charge in [-0.1, -0.05) is 0 Å². The molecule has 1 aromatic carbocycles. The predicted octanol–water partition coefficient (Wildman–Crippen LogP) is 1.83. The van der Waals surface area contributed by atoms with Crippen molar-refractivity contribution in [1.29, 1.82) is 5.26 Å². The van der Waals surface area contributed by atoms with Gasteiger partial charge in [-0.2, -0.15) is 5.26 Å². The molecule has 1 N–H and O–H groups in total. The third kappa shape index (κ3) is 2.73. The van der Waals surface area contributed by atoms with Gasteiger partial charge in [-0.25, -0.2) is 0 Å². The van der Waals surface area contributed by atoms with Crippen LogP contribution in [0, 0.1) is 11.3 Å². The molecule has 0 bridgehead atoms. The number of ether oxygens (including phenoxy) is 1. The van der Waals surface area contributed by atoms with E-state index in [-0.39, 0.29) is 12.2 Å². The number of hydrogen-bond donors (Lipinski definition) is 1. The first-order valence-electron chi connectivity index (χ1n) is 5.09. The van der Waals surface area contributed by atoms with E-state index in [0.29, 0.717) is 16.9 Å². The van der Waals surface area contributed by atoms with E-state index < -0.39 is 0 Å². The number of nitrogens with one attached hydrogen (secondary N) is 1. The summed E-state index contributed by atoms with van der Waals surface area (Å²) in [6.45, 7) is 0.210. The minimum Gasteiger partial charge on any atom is -0.489 e. The highest BCUT2D eigenvalue weighted by Crippen LogP contribution is 2.12. The number of aromatic amines is 1. The fourth-order valence-corrected chi connectivity index (χ4v) is 1.36. The molecule has 0 amide bonds. The number of nitriles is 1. The van der Waals surface area contributed by atoms with Gasteiger partial charge in [0.15, 0.2) is 0 Å². The van der Waals surface area contributed by atoms with Crippen LogP contribution in [-0.2, 0) is 6.61 Å². The van der Waals surface area contributed by atoms with Gasteiger partial charge < -0.3 is 9.72 Å². The van der Waals surface area contributed by atoms with Gasteiger partial charge in [0.25, 0.3) is 5.56 Å². The van der Waals surface area contributed by atoms with Crippen LogP contribution in [0.15, 0.2) is 47.4 Å². The van der Waals surface area contributed by atoms with E-state index in [1.165, 1.54) is 0 Å². The summed E-state index contributed by atoms with van der Waals surface area (Å²) in [5.41, 5.74) is 0.993. The number of H-pyrrole nitrogens is 1. The van der Waals surface area contributed by atoms with E-state index in [2.05, 4.69) is 4.98 Å². The van der Waals surface area contributed by atoms with Crippen LogP contribution in [0.4, 0.5) is 0 Å². The van der Waals surface area contributed by atoms with Crippen LogP contribution < -0.4 is 10.3 Å². The second-order valence-corrected chi connectivity index (χ2v) is 3.45. The second-order valence-electron chi connectivity index (χ2n) is 3.45. The summed E-state index contributed by atoms with van der Waals surface area (Å²) in [5.74, 6) is 0.632. The lowest BCUT2D eigenvalue weighted by Gasteiger charge is -2.05. The molecule has 0 aliphatic heterocycles. The van der Waals surface area contributed by atoms with Crippen LogP contribution in [0.2, 0.25) is 0 Å². The minimum atomic E-state index is -0.152. The van der Waals surface area contributed by atoms with E-state index in [4.69, 9.17) is 10.00 Å². The molecule has 0 unspecified atom stereocenters. The van der Waals surface area contributed by atoms with Crippen molar-refractivity contribution in [3.63, 3.8) is 0 Å². The lowest BCUT2D eigenvalue weighted by molar-refractivity contribution is 0.304. The molecule has 0 spiro atoms. The van der Waals surface area contributed by atoms with Gasteiger partial charge >= 0.3 is 0 Å². The molecule has 4 heteroatoms. The summed E-state index contributed by atoms with van der Waals surface area (Å²) in [4.78, 5) is 13.9. The van der Waals surface area contributed by atoms with Crippen LogP contribution >= 0.6 is 0 Å². The van der Waals surface area contributed by atoms with Crippen molar-refractivity contribution in [2.24, 2.45) is 0 Å². The van der Waals surface area contributed by atoms with E-state index >= 15 is 0 Å². The maximum Gasteiger partial charge on any atom is 0.254 e. The lowest BCUT2D eigenvalue weighted by atomic mass is 10.2. The quantitative estimate of drug-likeness (QED) is 0.868. The van der Waals surface area contributed by atoms with E-state index in [1.54, 1.807) is 42.6 Å². The molecule has 84 valence electrons. The first kappa shape index (κ1) is 11.0. The maximum absolute atomic E-state index is 11.4. The number of nitrogens with zero attached hydrogens (tertiary/aromatic N) is 1. The standard InChI is InChI=1S/C13H10N2O2/c14-8-10-3-5-12(6-4-10)17-9-11-2-1-7-15-13(11)16/h1-7H,9H2,(H,15,16). The SMILES string of the molecule is N#Cc1ccc(OCc2ccc[nH]c2=O)cc1. The number of aromatic nitrogens is 1. The van der Waals surface area contributed by atoms with Crippen LogP contribution in [0.25, 0.3) is 0 Å². The Kier molecular flexibility index (Phi) is 3.22. The average Bonchev–Trinajstić information content (AvgIpc) is 2.38. The van der Waals surface area contributed by atoms with E-state index in [1.807, 2.05) is 6.07 Å². The van der Waals surface area contributed by atoms with Crippen LogP contribution in [0.3, 0.4) is 0 Å². The van der Waals surface area contributed by atoms with Crippen molar-refractivity contribution < 1.29 is 4.74 Å². The molecule has 0 saturated heterocycles. The van der Waals surface area contributed by atoms with Crippen molar-refractivity contribution >= 4 is 0 Å². The largest absolute Gasteiger partial charge is 0.489 e. The van der Waals surface area contributed by atoms with E-state index in [0.717, 1.165) is 0 Å². The summed E-state index contributed by atoms with van der Waals surface area (Å²) < 4.78 is 5.44.